The summed E-state index contributed by atoms with van der Waals surface area (Å²) in [4.78, 5) is 3.99. The summed E-state index contributed by atoms with van der Waals surface area (Å²) in [5.41, 5.74) is 1.13. The molecule has 1 N–H and O–H groups in total. The normalized spacial score (nSPS) is 11.4. The van der Waals surface area contributed by atoms with Gasteiger partial charge in [0.2, 0.25) is 0 Å². The molecule has 0 atom stereocenters. The van der Waals surface area contributed by atoms with Crippen LogP contribution in [0.3, 0.4) is 0 Å². The van der Waals surface area contributed by atoms with E-state index in [2.05, 4.69) is 25.6 Å². The Bertz CT molecular complexity index is 746. The molecule has 1 aromatic carbocycles. The van der Waals surface area contributed by atoms with Gasteiger partial charge in [0.25, 0.3) is 10.0 Å². The molecule has 0 saturated heterocycles. The second-order valence-corrected chi connectivity index (χ2v) is 7.40. The standard InChI is InChI=1S/C12H9BrCl2N2O2S/c1-7-2-12(13)16-6-11(7)17-20(18,19)10-4-8(14)3-9(15)5-10/h2-6,17H,1H3. The van der Waals surface area contributed by atoms with Crippen LogP contribution in [-0.2, 0) is 10.0 Å². The Labute approximate surface area is 135 Å². The molecule has 0 spiro atoms. The van der Waals surface area contributed by atoms with Gasteiger partial charge >= 0.3 is 0 Å². The highest BCUT2D eigenvalue weighted by atomic mass is 79.9. The number of rotatable bonds is 3. The number of nitrogens with one attached hydrogen (secondary N) is 1. The number of hydrogen-bond acceptors (Lipinski definition) is 3. The molecule has 0 aliphatic heterocycles. The molecule has 0 aliphatic carbocycles. The molecule has 8 heteroatoms. The Morgan fingerprint density at radius 3 is 2.30 bits per heavy atom. The minimum absolute atomic E-state index is 0.00248. The molecule has 20 heavy (non-hydrogen) atoms. The minimum Gasteiger partial charge on any atom is -0.278 e. The van der Waals surface area contributed by atoms with Gasteiger partial charge in [-0.2, -0.15) is 0 Å². The highest BCUT2D eigenvalue weighted by Crippen LogP contribution is 2.25. The van der Waals surface area contributed by atoms with E-state index in [-0.39, 0.29) is 14.9 Å². The molecule has 0 bridgehead atoms. The van der Waals surface area contributed by atoms with Crippen molar-refractivity contribution in [3.8, 4) is 0 Å². The molecule has 0 amide bonds. The van der Waals surface area contributed by atoms with Crippen molar-refractivity contribution in [2.75, 3.05) is 4.72 Å². The summed E-state index contributed by atoms with van der Waals surface area (Å²) in [7, 11) is -3.77. The third kappa shape index (κ3) is 3.63. The number of pyridine rings is 1. The summed E-state index contributed by atoms with van der Waals surface area (Å²) in [5.74, 6) is 0. The molecular weight excluding hydrogens is 387 g/mol. The summed E-state index contributed by atoms with van der Waals surface area (Å²) >= 11 is 14.8. The Kier molecular flexibility index (Phi) is 4.59. The van der Waals surface area contributed by atoms with Crippen LogP contribution in [0.4, 0.5) is 5.69 Å². The number of halogens is 3. The average Bonchev–Trinajstić information content (AvgIpc) is 2.31. The third-order valence-electron chi connectivity index (χ3n) is 2.47. The van der Waals surface area contributed by atoms with E-state index >= 15 is 0 Å². The van der Waals surface area contributed by atoms with Crippen LogP contribution >= 0.6 is 39.1 Å². The van der Waals surface area contributed by atoms with E-state index in [4.69, 9.17) is 23.2 Å². The highest BCUT2D eigenvalue weighted by Gasteiger charge is 2.17. The zero-order valence-electron chi connectivity index (χ0n) is 10.2. The van der Waals surface area contributed by atoms with Crippen molar-refractivity contribution < 1.29 is 8.42 Å². The third-order valence-corrected chi connectivity index (χ3v) is 4.68. The summed E-state index contributed by atoms with van der Waals surface area (Å²) < 4.78 is 27.6. The van der Waals surface area contributed by atoms with Gasteiger partial charge in [-0.1, -0.05) is 23.2 Å². The van der Waals surface area contributed by atoms with E-state index < -0.39 is 10.0 Å². The summed E-state index contributed by atoms with van der Waals surface area (Å²) in [5, 5.41) is 0.507. The molecule has 0 aliphatic rings. The van der Waals surface area contributed by atoms with Crippen molar-refractivity contribution in [2.24, 2.45) is 0 Å². The maximum absolute atomic E-state index is 12.3. The molecule has 0 radical (unpaired) electrons. The minimum atomic E-state index is -3.77. The van der Waals surface area contributed by atoms with Gasteiger partial charge in [-0.15, -0.1) is 0 Å². The van der Waals surface area contributed by atoms with E-state index in [1.165, 1.54) is 24.4 Å². The fourth-order valence-corrected chi connectivity index (χ4v) is 3.80. The first-order valence-electron chi connectivity index (χ1n) is 5.39. The van der Waals surface area contributed by atoms with E-state index in [0.717, 1.165) is 5.56 Å². The highest BCUT2D eigenvalue weighted by molar-refractivity contribution is 9.10. The van der Waals surface area contributed by atoms with E-state index in [0.29, 0.717) is 10.3 Å². The maximum atomic E-state index is 12.3. The Morgan fingerprint density at radius 1 is 1.15 bits per heavy atom. The van der Waals surface area contributed by atoms with Gasteiger partial charge in [0.15, 0.2) is 0 Å². The summed E-state index contributed by atoms with van der Waals surface area (Å²) in [6, 6.07) is 5.84. The van der Waals surface area contributed by atoms with Crippen molar-refractivity contribution in [3.05, 3.63) is 50.7 Å². The summed E-state index contributed by atoms with van der Waals surface area (Å²) in [6.45, 7) is 1.77. The molecular formula is C12H9BrCl2N2O2S. The fraction of sp³-hybridized carbons (Fsp3) is 0.0833. The molecule has 4 nitrogen and oxygen atoms in total. The molecule has 2 aromatic rings. The van der Waals surface area contributed by atoms with Crippen LogP contribution < -0.4 is 4.72 Å². The van der Waals surface area contributed by atoms with Crippen LogP contribution in [0.5, 0.6) is 0 Å². The molecule has 0 saturated carbocycles. The number of aromatic nitrogens is 1. The van der Waals surface area contributed by atoms with E-state index in [1.54, 1.807) is 13.0 Å². The van der Waals surface area contributed by atoms with Gasteiger partial charge in [-0.05, 0) is 52.7 Å². The van der Waals surface area contributed by atoms with Crippen LogP contribution in [0.25, 0.3) is 0 Å². The molecule has 0 fully saturated rings. The molecule has 106 valence electrons. The van der Waals surface area contributed by atoms with Gasteiger partial charge < -0.3 is 0 Å². The lowest BCUT2D eigenvalue weighted by atomic mass is 10.3. The largest absolute Gasteiger partial charge is 0.278 e. The monoisotopic (exact) mass is 394 g/mol. The number of anilines is 1. The van der Waals surface area contributed by atoms with Crippen LogP contribution in [0.2, 0.25) is 10.0 Å². The van der Waals surface area contributed by atoms with E-state index in [1.807, 2.05) is 0 Å². The smallest absolute Gasteiger partial charge is 0.262 e. The summed E-state index contributed by atoms with van der Waals surface area (Å²) in [6.07, 6.45) is 1.43. The number of aryl methyl sites for hydroxylation is 1. The van der Waals surface area contributed by atoms with E-state index in [9.17, 15) is 8.42 Å². The zero-order valence-corrected chi connectivity index (χ0v) is 14.1. The van der Waals surface area contributed by atoms with Crippen LogP contribution in [0.1, 0.15) is 5.56 Å². The predicted molar refractivity (Wildman–Crippen MR) is 83.9 cm³/mol. The lowest BCUT2D eigenvalue weighted by Crippen LogP contribution is -2.14. The number of hydrogen-bond donors (Lipinski definition) is 1. The molecule has 1 heterocycles. The predicted octanol–water partition coefficient (Wildman–Crippen LogP) is 4.26. The zero-order chi connectivity index (χ0) is 14.9. The Balaban J connectivity index is 2.40. The molecule has 0 unspecified atom stereocenters. The van der Waals surface area contributed by atoms with Crippen LogP contribution in [0.15, 0.2) is 40.0 Å². The van der Waals surface area contributed by atoms with Gasteiger partial charge in [0, 0.05) is 10.0 Å². The quantitative estimate of drug-likeness (QED) is 0.789. The average molecular weight is 396 g/mol. The van der Waals surface area contributed by atoms with Gasteiger partial charge in [-0.25, -0.2) is 13.4 Å². The van der Waals surface area contributed by atoms with Gasteiger partial charge in [0.05, 0.1) is 16.8 Å². The van der Waals surface area contributed by atoms with Crippen molar-refractivity contribution in [2.45, 2.75) is 11.8 Å². The Hall–Kier alpha value is -0.820. The van der Waals surface area contributed by atoms with Crippen LogP contribution in [-0.4, -0.2) is 13.4 Å². The van der Waals surface area contributed by atoms with Gasteiger partial charge in [-0.3, -0.25) is 4.72 Å². The molecule has 2 rings (SSSR count). The van der Waals surface area contributed by atoms with Crippen molar-refractivity contribution in [3.63, 3.8) is 0 Å². The number of nitrogens with zero attached hydrogens (tertiary/aromatic N) is 1. The second-order valence-electron chi connectivity index (χ2n) is 4.03. The lowest BCUT2D eigenvalue weighted by Gasteiger charge is -2.11. The number of benzene rings is 1. The second kappa shape index (κ2) is 5.89. The van der Waals surface area contributed by atoms with Crippen molar-refractivity contribution in [1.82, 2.24) is 4.98 Å². The fourth-order valence-electron chi connectivity index (χ4n) is 1.52. The molecule has 1 aromatic heterocycles. The van der Waals surface area contributed by atoms with Crippen molar-refractivity contribution >= 4 is 54.8 Å². The van der Waals surface area contributed by atoms with Crippen LogP contribution in [0, 0.1) is 6.92 Å². The lowest BCUT2D eigenvalue weighted by molar-refractivity contribution is 0.601. The van der Waals surface area contributed by atoms with Crippen molar-refractivity contribution in [1.29, 1.82) is 0 Å². The van der Waals surface area contributed by atoms with Gasteiger partial charge in [0.1, 0.15) is 4.60 Å². The number of sulfonamides is 1. The first kappa shape index (κ1) is 15.6. The first-order chi connectivity index (χ1) is 9.28. The SMILES string of the molecule is Cc1cc(Br)ncc1NS(=O)(=O)c1cc(Cl)cc(Cl)c1. The Morgan fingerprint density at radius 2 is 1.75 bits per heavy atom. The first-order valence-corrected chi connectivity index (χ1v) is 8.42. The topological polar surface area (TPSA) is 59.1 Å². The maximum Gasteiger partial charge on any atom is 0.262 e.